The normalized spacial score (nSPS) is 20.2. The Hall–Kier alpha value is -1.87. The lowest BCUT2D eigenvalue weighted by atomic mass is 10.00. The van der Waals surface area contributed by atoms with E-state index in [-0.39, 0.29) is 5.92 Å². The Labute approximate surface area is 128 Å². The number of rotatable bonds is 3. The van der Waals surface area contributed by atoms with Crippen LogP contribution in [0.4, 0.5) is 0 Å². The highest BCUT2D eigenvalue weighted by molar-refractivity contribution is 7.88. The van der Waals surface area contributed by atoms with Crippen molar-refractivity contribution in [3.63, 3.8) is 0 Å². The van der Waals surface area contributed by atoms with Crippen LogP contribution in [-0.4, -0.2) is 52.2 Å². The van der Waals surface area contributed by atoms with Crippen molar-refractivity contribution in [2.45, 2.75) is 25.7 Å². The summed E-state index contributed by atoms with van der Waals surface area (Å²) in [7, 11) is -3.19. The van der Waals surface area contributed by atoms with Crippen molar-refractivity contribution in [1.82, 2.24) is 24.5 Å². The number of piperidine rings is 1. The second-order valence-corrected chi connectivity index (χ2v) is 7.41. The van der Waals surface area contributed by atoms with Gasteiger partial charge in [-0.15, -0.1) is 10.2 Å². The monoisotopic (exact) mass is 323 g/mol. The van der Waals surface area contributed by atoms with Crippen LogP contribution in [-0.2, 0) is 10.0 Å². The molecule has 0 aromatic carbocycles. The Balaban J connectivity index is 1.80. The molecule has 1 fully saturated rings. The number of aromatic nitrogens is 4. The summed E-state index contributed by atoms with van der Waals surface area (Å²) >= 11 is 0. The lowest BCUT2D eigenvalue weighted by Crippen LogP contribution is -2.38. The highest BCUT2D eigenvalue weighted by Gasteiger charge is 2.30. The van der Waals surface area contributed by atoms with Gasteiger partial charge in [0.2, 0.25) is 15.9 Å². The fourth-order valence-corrected chi connectivity index (χ4v) is 3.38. The quantitative estimate of drug-likeness (QED) is 0.829. The Morgan fingerprint density at radius 3 is 2.68 bits per heavy atom. The number of aryl methyl sites for hydroxylation is 1. The highest BCUT2D eigenvalue weighted by atomic mass is 32.2. The topological polar surface area (TPSA) is 102 Å². The van der Waals surface area contributed by atoms with Crippen molar-refractivity contribution in [3.8, 4) is 11.5 Å². The van der Waals surface area contributed by atoms with E-state index in [9.17, 15) is 8.42 Å². The molecule has 2 aromatic rings. The van der Waals surface area contributed by atoms with Crippen molar-refractivity contribution in [2.24, 2.45) is 0 Å². The van der Waals surface area contributed by atoms with Gasteiger partial charge in [-0.25, -0.2) is 22.7 Å². The predicted octanol–water partition coefficient (Wildman–Crippen LogP) is 0.974. The molecule has 0 bridgehead atoms. The van der Waals surface area contributed by atoms with E-state index in [1.54, 1.807) is 19.3 Å². The standard InChI is InChI=1S/C13H17N5O3S/c1-9-14-6-11(7-15-9)13-17-16-12(21-13)10-4-3-5-18(8-10)22(2,19)20/h6-7,10H,3-5,8H2,1-2H3/t10-/m1/s1. The van der Waals surface area contributed by atoms with Gasteiger partial charge in [0.15, 0.2) is 0 Å². The largest absolute Gasteiger partial charge is 0.420 e. The Kier molecular flexibility index (Phi) is 3.92. The third kappa shape index (κ3) is 3.14. The zero-order chi connectivity index (χ0) is 15.7. The van der Waals surface area contributed by atoms with E-state index in [0.717, 1.165) is 12.8 Å². The van der Waals surface area contributed by atoms with Crippen LogP contribution in [0, 0.1) is 6.92 Å². The van der Waals surface area contributed by atoms with Crippen LogP contribution in [0.1, 0.15) is 30.5 Å². The van der Waals surface area contributed by atoms with E-state index in [1.807, 2.05) is 0 Å². The third-order valence-corrected chi connectivity index (χ3v) is 4.94. The molecule has 3 rings (SSSR count). The van der Waals surface area contributed by atoms with Crippen molar-refractivity contribution >= 4 is 10.0 Å². The molecule has 3 heterocycles. The zero-order valence-electron chi connectivity index (χ0n) is 12.4. The van der Waals surface area contributed by atoms with E-state index in [1.165, 1.54) is 10.6 Å². The van der Waals surface area contributed by atoms with E-state index >= 15 is 0 Å². The number of sulfonamides is 1. The molecule has 0 amide bonds. The lowest BCUT2D eigenvalue weighted by Gasteiger charge is -2.28. The summed E-state index contributed by atoms with van der Waals surface area (Å²) < 4.78 is 30.5. The summed E-state index contributed by atoms with van der Waals surface area (Å²) in [6, 6.07) is 0. The maximum Gasteiger partial charge on any atom is 0.250 e. The van der Waals surface area contributed by atoms with Gasteiger partial charge in [0, 0.05) is 25.5 Å². The molecule has 2 aromatic heterocycles. The van der Waals surface area contributed by atoms with E-state index in [0.29, 0.717) is 36.3 Å². The molecular formula is C13H17N5O3S. The van der Waals surface area contributed by atoms with Gasteiger partial charge in [0.05, 0.1) is 17.7 Å². The van der Waals surface area contributed by atoms with Gasteiger partial charge in [-0.1, -0.05) is 0 Å². The van der Waals surface area contributed by atoms with Gasteiger partial charge in [-0.3, -0.25) is 0 Å². The summed E-state index contributed by atoms with van der Waals surface area (Å²) in [6.07, 6.45) is 6.09. The van der Waals surface area contributed by atoms with Crippen LogP contribution < -0.4 is 0 Å². The summed E-state index contributed by atoms with van der Waals surface area (Å²) in [5.74, 6) is 1.41. The molecule has 0 saturated carbocycles. The first-order chi connectivity index (χ1) is 10.4. The van der Waals surface area contributed by atoms with Crippen LogP contribution in [0.3, 0.4) is 0 Å². The molecule has 1 aliphatic rings. The lowest BCUT2D eigenvalue weighted by molar-refractivity contribution is 0.287. The number of nitrogens with zero attached hydrogens (tertiary/aromatic N) is 5. The Morgan fingerprint density at radius 2 is 2.00 bits per heavy atom. The molecule has 9 heteroatoms. The van der Waals surface area contributed by atoms with E-state index < -0.39 is 10.0 Å². The van der Waals surface area contributed by atoms with Crippen molar-refractivity contribution in [1.29, 1.82) is 0 Å². The summed E-state index contributed by atoms with van der Waals surface area (Å²) in [5.41, 5.74) is 0.653. The average molecular weight is 323 g/mol. The second kappa shape index (κ2) is 5.73. The van der Waals surface area contributed by atoms with Gasteiger partial charge in [-0.05, 0) is 19.8 Å². The van der Waals surface area contributed by atoms with Crippen LogP contribution in [0.2, 0.25) is 0 Å². The van der Waals surface area contributed by atoms with Gasteiger partial charge in [-0.2, -0.15) is 0 Å². The van der Waals surface area contributed by atoms with Gasteiger partial charge < -0.3 is 4.42 Å². The van der Waals surface area contributed by atoms with E-state index in [4.69, 9.17) is 4.42 Å². The molecule has 1 aliphatic heterocycles. The summed E-state index contributed by atoms with van der Waals surface area (Å²) in [4.78, 5) is 8.19. The molecule has 0 N–H and O–H groups in total. The van der Waals surface area contributed by atoms with Crippen molar-refractivity contribution in [3.05, 3.63) is 24.1 Å². The van der Waals surface area contributed by atoms with Crippen LogP contribution in [0.25, 0.3) is 11.5 Å². The maximum absolute atomic E-state index is 11.7. The average Bonchev–Trinajstić information content (AvgIpc) is 2.97. The van der Waals surface area contributed by atoms with E-state index in [2.05, 4.69) is 20.2 Å². The predicted molar refractivity (Wildman–Crippen MR) is 78.5 cm³/mol. The first kappa shape index (κ1) is 15.0. The first-order valence-corrected chi connectivity index (χ1v) is 8.86. The van der Waals surface area contributed by atoms with Gasteiger partial charge >= 0.3 is 0 Å². The molecule has 0 spiro atoms. The molecule has 8 nitrogen and oxygen atoms in total. The third-order valence-electron chi connectivity index (χ3n) is 3.67. The molecule has 22 heavy (non-hydrogen) atoms. The molecular weight excluding hydrogens is 306 g/mol. The number of hydrogen-bond acceptors (Lipinski definition) is 7. The molecule has 0 radical (unpaired) electrons. The molecule has 118 valence electrons. The van der Waals surface area contributed by atoms with Gasteiger partial charge in [0.25, 0.3) is 5.89 Å². The van der Waals surface area contributed by atoms with Crippen LogP contribution in [0.15, 0.2) is 16.8 Å². The molecule has 1 saturated heterocycles. The van der Waals surface area contributed by atoms with Crippen LogP contribution >= 0.6 is 0 Å². The summed E-state index contributed by atoms with van der Waals surface area (Å²) in [6.45, 7) is 2.72. The van der Waals surface area contributed by atoms with Crippen LogP contribution in [0.5, 0.6) is 0 Å². The minimum atomic E-state index is -3.19. The second-order valence-electron chi connectivity index (χ2n) is 5.42. The minimum Gasteiger partial charge on any atom is -0.420 e. The Morgan fingerprint density at radius 1 is 1.27 bits per heavy atom. The fraction of sp³-hybridized carbons (Fsp3) is 0.538. The SMILES string of the molecule is Cc1ncc(-c2nnc([C@@H]3CCCN(S(C)(=O)=O)C3)o2)cn1. The first-order valence-electron chi connectivity index (χ1n) is 7.01. The highest BCUT2D eigenvalue weighted by Crippen LogP contribution is 2.28. The fourth-order valence-electron chi connectivity index (χ4n) is 2.46. The molecule has 0 unspecified atom stereocenters. The van der Waals surface area contributed by atoms with Gasteiger partial charge in [0.1, 0.15) is 5.82 Å². The number of hydrogen-bond donors (Lipinski definition) is 0. The van der Waals surface area contributed by atoms with Crippen molar-refractivity contribution in [2.75, 3.05) is 19.3 Å². The minimum absolute atomic E-state index is 0.0731. The maximum atomic E-state index is 11.7. The Bertz CT molecular complexity index is 756. The molecule has 0 aliphatic carbocycles. The summed E-state index contributed by atoms with van der Waals surface area (Å²) in [5, 5.41) is 8.08. The zero-order valence-corrected chi connectivity index (χ0v) is 13.2. The molecule has 1 atom stereocenters. The van der Waals surface area contributed by atoms with Crippen molar-refractivity contribution < 1.29 is 12.8 Å². The smallest absolute Gasteiger partial charge is 0.250 e.